The van der Waals surface area contributed by atoms with Crippen molar-refractivity contribution in [1.82, 2.24) is 25.1 Å². The standard InChI is InChI=1S/C28H39F3N6O2/c1-36(2)24-8-6-5-7-18(24)15-23-21(28(29,30)31)17-32-27(35-23)34-22-10-9-19(16-25(22)39-4)26(38)33-20-11-13-37(3)14-12-20/h9-10,16-18,20,24H,5-8,11-15H2,1-4H3,(H,33,38)(H,32,34,35)/t18-,24+/m0/s1. The molecular formula is C28H39F3N6O2. The molecule has 1 aromatic carbocycles. The number of aromatic nitrogens is 2. The van der Waals surface area contributed by atoms with Gasteiger partial charge >= 0.3 is 6.18 Å². The van der Waals surface area contributed by atoms with E-state index in [4.69, 9.17) is 4.74 Å². The molecule has 0 bridgehead atoms. The number of nitrogens with zero attached hydrogens (tertiary/aromatic N) is 4. The number of carbonyl (C=O) groups excluding carboxylic acids is 1. The monoisotopic (exact) mass is 548 g/mol. The van der Waals surface area contributed by atoms with E-state index < -0.39 is 11.7 Å². The fourth-order valence-electron chi connectivity index (χ4n) is 5.70. The van der Waals surface area contributed by atoms with E-state index in [0.29, 0.717) is 17.0 Å². The topological polar surface area (TPSA) is 82.6 Å². The molecule has 1 aliphatic carbocycles. The molecule has 1 aliphatic heterocycles. The molecule has 8 nitrogen and oxygen atoms in total. The van der Waals surface area contributed by atoms with Crippen LogP contribution in [0.3, 0.4) is 0 Å². The van der Waals surface area contributed by atoms with Gasteiger partial charge in [-0.15, -0.1) is 0 Å². The number of halogens is 3. The fourth-order valence-corrected chi connectivity index (χ4v) is 5.70. The Labute approximate surface area is 228 Å². The van der Waals surface area contributed by atoms with E-state index in [-0.39, 0.29) is 42.0 Å². The number of benzene rings is 1. The predicted molar refractivity (Wildman–Crippen MR) is 144 cm³/mol. The minimum atomic E-state index is -4.55. The molecule has 2 fully saturated rings. The lowest BCUT2D eigenvalue weighted by Crippen LogP contribution is -2.43. The number of methoxy groups -OCH3 is 1. The minimum Gasteiger partial charge on any atom is -0.495 e. The fraction of sp³-hybridized carbons (Fsp3) is 0.607. The molecule has 2 aliphatic rings. The van der Waals surface area contributed by atoms with Gasteiger partial charge < -0.3 is 25.2 Å². The Balaban J connectivity index is 1.53. The second-order valence-electron chi connectivity index (χ2n) is 10.9. The number of amides is 1. The molecule has 1 saturated heterocycles. The summed E-state index contributed by atoms with van der Waals surface area (Å²) in [5, 5.41) is 6.08. The van der Waals surface area contributed by atoms with Crippen LogP contribution in [0.1, 0.15) is 60.1 Å². The average molecular weight is 549 g/mol. The van der Waals surface area contributed by atoms with Crippen molar-refractivity contribution in [3.05, 3.63) is 41.2 Å². The van der Waals surface area contributed by atoms with Gasteiger partial charge in [0.25, 0.3) is 5.91 Å². The zero-order chi connectivity index (χ0) is 28.2. The van der Waals surface area contributed by atoms with E-state index in [2.05, 4.69) is 37.4 Å². The van der Waals surface area contributed by atoms with Gasteiger partial charge in [-0.2, -0.15) is 13.2 Å². The molecule has 39 heavy (non-hydrogen) atoms. The lowest BCUT2D eigenvalue weighted by atomic mass is 9.80. The van der Waals surface area contributed by atoms with Crippen LogP contribution in [0.25, 0.3) is 0 Å². The molecule has 2 heterocycles. The molecule has 0 radical (unpaired) electrons. The third-order valence-electron chi connectivity index (χ3n) is 7.92. The van der Waals surface area contributed by atoms with Gasteiger partial charge in [0.15, 0.2) is 0 Å². The third kappa shape index (κ3) is 7.39. The lowest BCUT2D eigenvalue weighted by molar-refractivity contribution is -0.138. The lowest BCUT2D eigenvalue weighted by Gasteiger charge is -2.36. The number of nitrogens with one attached hydrogen (secondary N) is 2. The molecular weight excluding hydrogens is 509 g/mol. The zero-order valence-electron chi connectivity index (χ0n) is 23.1. The van der Waals surface area contributed by atoms with Crippen LogP contribution >= 0.6 is 0 Å². The number of hydrogen-bond acceptors (Lipinski definition) is 7. The van der Waals surface area contributed by atoms with Crippen molar-refractivity contribution in [3.63, 3.8) is 0 Å². The highest BCUT2D eigenvalue weighted by molar-refractivity contribution is 5.95. The first-order chi connectivity index (χ1) is 18.5. The SMILES string of the molecule is COc1cc(C(=O)NC2CCN(C)CC2)ccc1Nc1ncc(C(F)(F)F)c(C[C@@H]2CCCC[C@H]2N(C)C)n1. The van der Waals surface area contributed by atoms with Crippen LogP contribution in [0.5, 0.6) is 5.75 Å². The summed E-state index contributed by atoms with van der Waals surface area (Å²) in [5.41, 5.74) is 0.0936. The highest BCUT2D eigenvalue weighted by Crippen LogP contribution is 2.36. The Kier molecular flexibility index (Phi) is 9.32. The van der Waals surface area contributed by atoms with Crippen molar-refractivity contribution in [2.75, 3.05) is 46.7 Å². The van der Waals surface area contributed by atoms with Gasteiger partial charge in [0.05, 0.1) is 24.1 Å². The van der Waals surface area contributed by atoms with Gasteiger partial charge in [-0.05, 0) is 90.5 Å². The van der Waals surface area contributed by atoms with Crippen molar-refractivity contribution in [1.29, 1.82) is 0 Å². The first-order valence-corrected chi connectivity index (χ1v) is 13.6. The zero-order valence-corrected chi connectivity index (χ0v) is 23.1. The van der Waals surface area contributed by atoms with Gasteiger partial charge in [-0.1, -0.05) is 12.8 Å². The molecule has 1 saturated carbocycles. The summed E-state index contributed by atoms with van der Waals surface area (Å²) < 4.78 is 47.1. The second kappa shape index (κ2) is 12.5. The number of likely N-dealkylation sites (tertiary alicyclic amines) is 1. The molecule has 2 aromatic rings. The maximum atomic E-state index is 13.9. The van der Waals surface area contributed by atoms with Crippen LogP contribution in [0, 0.1) is 5.92 Å². The minimum absolute atomic E-state index is 0.00755. The third-order valence-corrected chi connectivity index (χ3v) is 7.92. The Morgan fingerprint density at radius 3 is 2.54 bits per heavy atom. The molecule has 214 valence electrons. The van der Waals surface area contributed by atoms with Gasteiger partial charge in [0.2, 0.25) is 5.95 Å². The van der Waals surface area contributed by atoms with Crippen LogP contribution in [0.4, 0.5) is 24.8 Å². The molecule has 11 heteroatoms. The maximum absolute atomic E-state index is 13.9. The van der Waals surface area contributed by atoms with E-state index in [9.17, 15) is 18.0 Å². The van der Waals surface area contributed by atoms with Crippen LogP contribution in [-0.2, 0) is 12.6 Å². The number of ether oxygens (including phenoxy) is 1. The van der Waals surface area contributed by atoms with E-state index in [1.54, 1.807) is 18.2 Å². The highest BCUT2D eigenvalue weighted by atomic mass is 19.4. The van der Waals surface area contributed by atoms with Crippen molar-refractivity contribution in [3.8, 4) is 5.75 Å². The molecule has 2 N–H and O–H groups in total. The van der Waals surface area contributed by atoms with Crippen molar-refractivity contribution < 1.29 is 22.7 Å². The number of carbonyl (C=O) groups is 1. The van der Waals surface area contributed by atoms with E-state index >= 15 is 0 Å². The van der Waals surface area contributed by atoms with Crippen molar-refractivity contribution in [2.45, 2.75) is 63.2 Å². The van der Waals surface area contributed by atoms with Gasteiger partial charge in [0, 0.05) is 23.8 Å². The Morgan fingerprint density at radius 1 is 1.15 bits per heavy atom. The van der Waals surface area contributed by atoms with Crippen LogP contribution in [0.15, 0.2) is 24.4 Å². The molecule has 2 atom stereocenters. The summed E-state index contributed by atoms with van der Waals surface area (Å²) in [6.45, 7) is 1.87. The summed E-state index contributed by atoms with van der Waals surface area (Å²) >= 11 is 0. The number of alkyl halides is 3. The van der Waals surface area contributed by atoms with Crippen molar-refractivity contribution >= 4 is 17.5 Å². The molecule has 1 amide bonds. The Hall–Kier alpha value is -2.92. The number of hydrogen-bond donors (Lipinski definition) is 2. The number of piperidine rings is 1. The Morgan fingerprint density at radius 2 is 1.87 bits per heavy atom. The number of anilines is 2. The van der Waals surface area contributed by atoms with E-state index in [1.165, 1.54) is 7.11 Å². The quantitative estimate of drug-likeness (QED) is 0.493. The van der Waals surface area contributed by atoms with Crippen LogP contribution in [-0.4, -0.2) is 79.1 Å². The summed E-state index contributed by atoms with van der Waals surface area (Å²) in [5.74, 6) is 0.313. The molecule has 0 unspecified atom stereocenters. The summed E-state index contributed by atoms with van der Waals surface area (Å²) in [6.07, 6.45) is 2.22. The first-order valence-electron chi connectivity index (χ1n) is 13.6. The molecule has 0 spiro atoms. The van der Waals surface area contributed by atoms with Crippen molar-refractivity contribution in [2.24, 2.45) is 5.92 Å². The largest absolute Gasteiger partial charge is 0.495 e. The molecule has 1 aromatic heterocycles. The summed E-state index contributed by atoms with van der Waals surface area (Å²) in [4.78, 5) is 25.5. The van der Waals surface area contributed by atoms with E-state index in [1.807, 2.05) is 14.1 Å². The van der Waals surface area contributed by atoms with Crippen LogP contribution < -0.4 is 15.4 Å². The highest BCUT2D eigenvalue weighted by Gasteiger charge is 2.37. The van der Waals surface area contributed by atoms with Gasteiger partial charge in [-0.25, -0.2) is 9.97 Å². The number of rotatable bonds is 8. The maximum Gasteiger partial charge on any atom is 0.419 e. The average Bonchev–Trinajstić information content (AvgIpc) is 2.90. The van der Waals surface area contributed by atoms with E-state index in [0.717, 1.165) is 57.8 Å². The summed E-state index contributed by atoms with van der Waals surface area (Å²) in [7, 11) is 7.49. The Bertz CT molecular complexity index is 1130. The van der Waals surface area contributed by atoms with Gasteiger partial charge in [-0.3, -0.25) is 4.79 Å². The normalized spacial score (nSPS) is 21.1. The molecule has 4 rings (SSSR count). The second-order valence-corrected chi connectivity index (χ2v) is 10.9. The predicted octanol–water partition coefficient (Wildman–Crippen LogP) is 4.73. The summed E-state index contributed by atoms with van der Waals surface area (Å²) in [6, 6.07) is 5.25. The van der Waals surface area contributed by atoms with Crippen LogP contribution in [0.2, 0.25) is 0 Å². The smallest absolute Gasteiger partial charge is 0.419 e. The van der Waals surface area contributed by atoms with Gasteiger partial charge in [0.1, 0.15) is 5.75 Å². The first kappa shape index (κ1) is 29.1.